The number of rotatable bonds is 6. The van der Waals surface area contributed by atoms with Crippen molar-refractivity contribution in [3.8, 4) is 5.75 Å². The van der Waals surface area contributed by atoms with Crippen molar-refractivity contribution in [3.63, 3.8) is 0 Å². The molecule has 2 saturated heterocycles. The van der Waals surface area contributed by atoms with Crippen molar-refractivity contribution in [3.05, 3.63) is 29.8 Å². The Morgan fingerprint density at radius 1 is 0.933 bits per heavy atom. The van der Waals surface area contributed by atoms with Gasteiger partial charge < -0.3 is 14.5 Å². The summed E-state index contributed by atoms with van der Waals surface area (Å²) in [6.45, 7) is 9.04. The maximum Gasteiger partial charge on any atom is 0.260 e. The monoisotopic (exact) mass is 414 g/mol. The number of amides is 2. The molecule has 2 aliphatic heterocycles. The molecule has 1 aliphatic carbocycles. The molecule has 1 aromatic carbocycles. The number of hydrogen-bond acceptors (Lipinski definition) is 5. The smallest absolute Gasteiger partial charge is 0.260 e. The molecule has 1 aromatic rings. The Bertz CT molecular complexity index is 736. The maximum absolute atomic E-state index is 12.7. The number of benzene rings is 1. The van der Waals surface area contributed by atoms with Crippen molar-refractivity contribution < 1.29 is 14.3 Å². The Labute approximate surface area is 179 Å². The lowest BCUT2D eigenvalue weighted by Crippen LogP contribution is -2.56. The lowest BCUT2D eigenvalue weighted by atomic mass is 9.91. The lowest BCUT2D eigenvalue weighted by Gasteiger charge is -2.43. The molecule has 0 radical (unpaired) electrons. The highest BCUT2D eigenvalue weighted by molar-refractivity contribution is 5.79. The van der Waals surface area contributed by atoms with Crippen LogP contribution in [0.2, 0.25) is 0 Å². The number of piperazine rings is 2. The third kappa shape index (κ3) is 5.32. The molecular formula is C23H34N4O3. The number of aryl methyl sites for hydroxylation is 1. The lowest BCUT2D eigenvalue weighted by molar-refractivity contribution is -0.137. The standard InChI is InChI=1S/C23H34N4O3/c1-19-4-2-7-21(16-19)30-18-23(29)27-10-8-24(9-11-27)17-22(28)26-14-12-25(13-15-26)20-5-3-6-20/h2,4,7,16,20H,3,5-6,8-15,17-18H2,1H3. The Hall–Kier alpha value is -2.12. The van der Waals surface area contributed by atoms with Crippen molar-refractivity contribution in [2.45, 2.75) is 32.2 Å². The number of carbonyl (C=O) groups excluding carboxylic acids is 2. The normalized spacial score (nSPS) is 21.4. The first-order chi connectivity index (χ1) is 14.6. The summed E-state index contributed by atoms with van der Waals surface area (Å²) in [5, 5.41) is 0. The van der Waals surface area contributed by atoms with E-state index in [9.17, 15) is 9.59 Å². The van der Waals surface area contributed by atoms with Crippen LogP contribution < -0.4 is 4.74 Å². The molecule has 30 heavy (non-hydrogen) atoms. The Balaban J connectivity index is 1.14. The van der Waals surface area contributed by atoms with Crippen LogP contribution in [-0.4, -0.2) is 103 Å². The molecule has 0 unspecified atom stereocenters. The molecule has 3 fully saturated rings. The first-order valence-corrected chi connectivity index (χ1v) is 11.3. The Kier molecular flexibility index (Phi) is 6.89. The highest BCUT2D eigenvalue weighted by atomic mass is 16.5. The van der Waals surface area contributed by atoms with Gasteiger partial charge >= 0.3 is 0 Å². The molecule has 0 bridgehead atoms. The van der Waals surface area contributed by atoms with Crippen LogP contribution in [0.4, 0.5) is 0 Å². The van der Waals surface area contributed by atoms with Crippen LogP contribution in [-0.2, 0) is 9.59 Å². The number of carbonyl (C=O) groups is 2. The molecule has 3 aliphatic rings. The minimum absolute atomic E-state index is 0.00889. The second-order valence-electron chi connectivity index (χ2n) is 8.76. The van der Waals surface area contributed by atoms with Gasteiger partial charge in [-0.25, -0.2) is 0 Å². The number of ether oxygens (including phenoxy) is 1. The second-order valence-corrected chi connectivity index (χ2v) is 8.76. The van der Waals surface area contributed by atoms with Crippen LogP contribution in [0.5, 0.6) is 5.75 Å². The summed E-state index contributed by atoms with van der Waals surface area (Å²) in [5.74, 6) is 0.963. The fraction of sp³-hybridized carbons (Fsp3) is 0.652. The molecule has 4 rings (SSSR count). The van der Waals surface area contributed by atoms with E-state index in [0.717, 1.165) is 56.6 Å². The zero-order valence-electron chi connectivity index (χ0n) is 18.1. The van der Waals surface area contributed by atoms with Crippen molar-refractivity contribution >= 4 is 11.8 Å². The summed E-state index contributed by atoms with van der Waals surface area (Å²) >= 11 is 0. The molecule has 7 nitrogen and oxygen atoms in total. The van der Waals surface area contributed by atoms with Crippen LogP contribution in [0, 0.1) is 6.92 Å². The summed E-state index contributed by atoms with van der Waals surface area (Å²) < 4.78 is 5.64. The second kappa shape index (κ2) is 9.79. The van der Waals surface area contributed by atoms with Gasteiger partial charge in [0.05, 0.1) is 6.54 Å². The quantitative estimate of drug-likeness (QED) is 0.701. The zero-order valence-corrected chi connectivity index (χ0v) is 18.1. The van der Waals surface area contributed by atoms with Crippen LogP contribution in [0.3, 0.4) is 0 Å². The van der Waals surface area contributed by atoms with E-state index in [1.54, 1.807) is 0 Å². The molecule has 2 amide bonds. The van der Waals surface area contributed by atoms with Crippen molar-refractivity contribution in [2.24, 2.45) is 0 Å². The summed E-state index contributed by atoms with van der Waals surface area (Å²) in [7, 11) is 0. The number of hydrogen-bond donors (Lipinski definition) is 0. The van der Waals surface area contributed by atoms with Gasteiger partial charge in [0.15, 0.2) is 6.61 Å². The highest BCUT2D eigenvalue weighted by Gasteiger charge is 2.30. The van der Waals surface area contributed by atoms with Gasteiger partial charge in [-0.2, -0.15) is 0 Å². The van der Waals surface area contributed by atoms with E-state index in [0.29, 0.717) is 19.6 Å². The number of nitrogens with zero attached hydrogens (tertiary/aromatic N) is 4. The van der Waals surface area contributed by atoms with Crippen LogP contribution in [0.25, 0.3) is 0 Å². The summed E-state index contributed by atoms with van der Waals surface area (Å²) in [4.78, 5) is 33.7. The van der Waals surface area contributed by atoms with E-state index in [-0.39, 0.29) is 18.4 Å². The van der Waals surface area contributed by atoms with E-state index < -0.39 is 0 Å². The molecule has 1 saturated carbocycles. The first kappa shape index (κ1) is 21.1. The summed E-state index contributed by atoms with van der Waals surface area (Å²) in [5.41, 5.74) is 1.11. The van der Waals surface area contributed by atoms with Crippen LogP contribution >= 0.6 is 0 Å². The van der Waals surface area contributed by atoms with Gasteiger partial charge in [-0.15, -0.1) is 0 Å². The van der Waals surface area contributed by atoms with Crippen molar-refractivity contribution in [2.75, 3.05) is 65.5 Å². The maximum atomic E-state index is 12.7. The molecular weight excluding hydrogens is 380 g/mol. The minimum atomic E-state index is 0.00889. The third-order valence-corrected chi connectivity index (χ3v) is 6.69. The predicted octanol–water partition coefficient (Wildman–Crippen LogP) is 1.21. The van der Waals surface area contributed by atoms with E-state index in [2.05, 4.69) is 9.80 Å². The van der Waals surface area contributed by atoms with Gasteiger partial charge in [0.1, 0.15) is 5.75 Å². The van der Waals surface area contributed by atoms with Gasteiger partial charge in [0, 0.05) is 58.4 Å². The highest BCUT2D eigenvalue weighted by Crippen LogP contribution is 2.25. The minimum Gasteiger partial charge on any atom is -0.484 e. The molecule has 164 valence electrons. The topological polar surface area (TPSA) is 56.3 Å². The summed E-state index contributed by atoms with van der Waals surface area (Å²) in [6.07, 6.45) is 4.01. The Morgan fingerprint density at radius 3 is 2.23 bits per heavy atom. The molecule has 0 atom stereocenters. The summed E-state index contributed by atoms with van der Waals surface area (Å²) in [6, 6.07) is 8.50. The average molecular weight is 415 g/mol. The molecule has 0 aromatic heterocycles. The van der Waals surface area contributed by atoms with E-state index in [1.165, 1.54) is 19.3 Å². The third-order valence-electron chi connectivity index (χ3n) is 6.69. The zero-order chi connectivity index (χ0) is 20.9. The predicted molar refractivity (Wildman–Crippen MR) is 115 cm³/mol. The van der Waals surface area contributed by atoms with E-state index in [4.69, 9.17) is 4.74 Å². The van der Waals surface area contributed by atoms with Gasteiger partial charge in [-0.3, -0.25) is 19.4 Å². The van der Waals surface area contributed by atoms with Gasteiger partial charge in [0.2, 0.25) is 5.91 Å². The SMILES string of the molecule is Cc1cccc(OCC(=O)N2CCN(CC(=O)N3CCN(C4CCC4)CC3)CC2)c1. The van der Waals surface area contributed by atoms with Crippen LogP contribution in [0.15, 0.2) is 24.3 Å². The fourth-order valence-electron chi connectivity index (χ4n) is 4.48. The van der Waals surface area contributed by atoms with Gasteiger partial charge in [-0.1, -0.05) is 18.6 Å². The first-order valence-electron chi connectivity index (χ1n) is 11.3. The van der Waals surface area contributed by atoms with Crippen molar-refractivity contribution in [1.29, 1.82) is 0 Å². The molecule has 0 spiro atoms. The fourth-order valence-corrected chi connectivity index (χ4v) is 4.48. The van der Waals surface area contributed by atoms with Crippen molar-refractivity contribution in [1.82, 2.24) is 19.6 Å². The molecule has 2 heterocycles. The Morgan fingerprint density at radius 2 is 1.60 bits per heavy atom. The largest absolute Gasteiger partial charge is 0.484 e. The van der Waals surface area contributed by atoms with Gasteiger partial charge in [0.25, 0.3) is 5.91 Å². The van der Waals surface area contributed by atoms with E-state index >= 15 is 0 Å². The van der Waals surface area contributed by atoms with Crippen LogP contribution in [0.1, 0.15) is 24.8 Å². The average Bonchev–Trinajstić information content (AvgIpc) is 2.72. The molecule has 0 N–H and O–H groups in total. The van der Waals surface area contributed by atoms with Gasteiger partial charge in [-0.05, 0) is 37.5 Å². The van der Waals surface area contributed by atoms with E-state index in [1.807, 2.05) is 41.0 Å². The molecule has 7 heteroatoms.